The maximum atomic E-state index is 5.86. The van der Waals surface area contributed by atoms with E-state index in [-0.39, 0.29) is 5.82 Å². The smallest absolute Gasteiger partial charge is 0.237 e. The number of unbranched alkanes of at least 4 members (excludes halogenated alkanes) is 3. The molecule has 0 bridgehead atoms. The normalized spacial score (nSPS) is 10.3. The van der Waals surface area contributed by atoms with Crippen molar-refractivity contribution in [3.63, 3.8) is 0 Å². The summed E-state index contributed by atoms with van der Waals surface area (Å²) in [5, 5.41) is 0.299. The van der Waals surface area contributed by atoms with E-state index in [0.29, 0.717) is 17.5 Å². The summed E-state index contributed by atoms with van der Waals surface area (Å²) in [6.07, 6.45) is 5.95. The summed E-state index contributed by atoms with van der Waals surface area (Å²) >= 11 is 5.86. The molecule has 0 spiro atoms. The first-order valence-corrected chi connectivity index (χ1v) is 5.52. The van der Waals surface area contributed by atoms with Crippen LogP contribution < -0.4 is 10.5 Å². The van der Waals surface area contributed by atoms with E-state index in [1.54, 1.807) is 0 Å². The van der Waals surface area contributed by atoms with Gasteiger partial charge in [0.05, 0.1) is 6.61 Å². The van der Waals surface area contributed by atoms with E-state index in [1.807, 2.05) is 0 Å². The van der Waals surface area contributed by atoms with Gasteiger partial charge in [-0.1, -0.05) is 37.8 Å². The lowest BCUT2D eigenvalue weighted by molar-refractivity contribution is 0.293. The van der Waals surface area contributed by atoms with Crippen LogP contribution >= 0.6 is 11.6 Å². The number of rotatable bonds is 6. The Balaban J connectivity index is 2.34. The van der Waals surface area contributed by atoms with Gasteiger partial charge in [0.2, 0.25) is 5.88 Å². The molecule has 4 nitrogen and oxygen atoms in total. The van der Waals surface area contributed by atoms with Crippen LogP contribution in [0.3, 0.4) is 0 Å². The van der Waals surface area contributed by atoms with Gasteiger partial charge < -0.3 is 10.5 Å². The van der Waals surface area contributed by atoms with Crippen LogP contribution in [0.5, 0.6) is 5.88 Å². The predicted octanol–water partition coefficient (Wildman–Crippen LogP) is 2.67. The second kappa shape index (κ2) is 6.45. The largest absolute Gasteiger partial charge is 0.476 e. The first-order chi connectivity index (χ1) is 7.25. The topological polar surface area (TPSA) is 61.0 Å². The minimum Gasteiger partial charge on any atom is -0.476 e. The highest BCUT2D eigenvalue weighted by Crippen LogP contribution is 2.25. The second-order valence-electron chi connectivity index (χ2n) is 3.29. The van der Waals surface area contributed by atoms with Gasteiger partial charge in [-0.2, -0.15) is 0 Å². The van der Waals surface area contributed by atoms with Crippen LogP contribution in [0.2, 0.25) is 5.02 Å². The summed E-state index contributed by atoms with van der Waals surface area (Å²) in [5.41, 5.74) is 5.51. The van der Waals surface area contributed by atoms with E-state index >= 15 is 0 Å². The van der Waals surface area contributed by atoms with Gasteiger partial charge in [0.15, 0.2) is 0 Å². The Labute approximate surface area is 94.8 Å². The minimum atomic E-state index is 0.259. The first kappa shape index (κ1) is 12.0. The Morgan fingerprint density at radius 1 is 1.33 bits per heavy atom. The molecule has 1 aromatic rings. The number of hydrogen-bond acceptors (Lipinski definition) is 4. The number of anilines is 1. The number of ether oxygens (including phenoxy) is 1. The van der Waals surface area contributed by atoms with Gasteiger partial charge >= 0.3 is 0 Å². The lowest BCUT2D eigenvalue weighted by atomic mass is 10.2. The monoisotopic (exact) mass is 229 g/mol. The number of hydrogen-bond donors (Lipinski definition) is 1. The SMILES string of the molecule is CCCCCCOc1ncnc(N)c1Cl. The molecule has 1 aromatic heterocycles. The average molecular weight is 230 g/mol. The van der Waals surface area contributed by atoms with Crippen molar-refractivity contribution in [3.8, 4) is 5.88 Å². The second-order valence-corrected chi connectivity index (χ2v) is 3.67. The van der Waals surface area contributed by atoms with Crippen LogP contribution in [0.1, 0.15) is 32.6 Å². The van der Waals surface area contributed by atoms with Crippen LogP contribution in [0.4, 0.5) is 5.82 Å². The molecule has 0 atom stereocenters. The number of nitrogen functional groups attached to an aromatic ring is 1. The van der Waals surface area contributed by atoms with Gasteiger partial charge in [-0.3, -0.25) is 0 Å². The molecule has 0 fully saturated rings. The maximum absolute atomic E-state index is 5.86. The summed E-state index contributed by atoms with van der Waals surface area (Å²) in [6, 6.07) is 0. The highest BCUT2D eigenvalue weighted by atomic mass is 35.5. The molecule has 0 unspecified atom stereocenters. The molecule has 0 aromatic carbocycles. The molecule has 1 heterocycles. The number of nitrogens with zero attached hydrogens (tertiary/aromatic N) is 2. The van der Waals surface area contributed by atoms with E-state index in [2.05, 4.69) is 16.9 Å². The number of aromatic nitrogens is 2. The van der Waals surface area contributed by atoms with Crippen LogP contribution in [0.25, 0.3) is 0 Å². The molecule has 84 valence electrons. The van der Waals surface area contributed by atoms with Crippen LogP contribution in [-0.4, -0.2) is 16.6 Å². The molecule has 1 rings (SSSR count). The molecule has 0 aliphatic rings. The fourth-order valence-electron chi connectivity index (χ4n) is 1.16. The van der Waals surface area contributed by atoms with Gasteiger partial charge in [0.1, 0.15) is 17.2 Å². The predicted molar refractivity (Wildman–Crippen MR) is 61.1 cm³/mol. The third-order valence-electron chi connectivity index (χ3n) is 2.02. The molecule has 2 N–H and O–H groups in total. The molecule has 0 saturated heterocycles. The zero-order valence-corrected chi connectivity index (χ0v) is 9.63. The van der Waals surface area contributed by atoms with E-state index in [0.717, 1.165) is 12.8 Å². The molecule has 5 heteroatoms. The summed E-state index contributed by atoms with van der Waals surface area (Å²) in [4.78, 5) is 7.66. The van der Waals surface area contributed by atoms with Gasteiger partial charge in [-0.05, 0) is 6.42 Å². The fourth-order valence-corrected chi connectivity index (χ4v) is 1.32. The van der Waals surface area contributed by atoms with Crippen molar-refractivity contribution in [1.29, 1.82) is 0 Å². The van der Waals surface area contributed by atoms with E-state index in [9.17, 15) is 0 Å². The first-order valence-electron chi connectivity index (χ1n) is 5.14. The van der Waals surface area contributed by atoms with Crippen LogP contribution in [0, 0.1) is 0 Å². The Bertz CT molecular complexity index is 307. The van der Waals surface area contributed by atoms with Crippen molar-refractivity contribution in [2.24, 2.45) is 0 Å². The highest BCUT2D eigenvalue weighted by Gasteiger charge is 2.06. The van der Waals surface area contributed by atoms with Gasteiger partial charge in [0.25, 0.3) is 0 Å². The van der Waals surface area contributed by atoms with Crippen molar-refractivity contribution < 1.29 is 4.74 Å². The Morgan fingerprint density at radius 3 is 2.87 bits per heavy atom. The molecule has 0 saturated carbocycles. The van der Waals surface area contributed by atoms with Gasteiger partial charge in [0, 0.05) is 0 Å². The Kier molecular flexibility index (Phi) is 5.18. The summed E-state index contributed by atoms with van der Waals surface area (Å²) < 4.78 is 5.40. The van der Waals surface area contributed by atoms with Crippen molar-refractivity contribution in [2.75, 3.05) is 12.3 Å². The molecule has 0 aliphatic heterocycles. The van der Waals surface area contributed by atoms with Crippen LogP contribution in [0.15, 0.2) is 6.33 Å². The summed E-state index contributed by atoms with van der Waals surface area (Å²) in [5.74, 6) is 0.635. The molecule has 0 amide bonds. The van der Waals surface area contributed by atoms with E-state index in [4.69, 9.17) is 22.1 Å². The quantitative estimate of drug-likeness (QED) is 0.762. The molecule has 0 aliphatic carbocycles. The highest BCUT2D eigenvalue weighted by molar-refractivity contribution is 6.33. The molecule has 15 heavy (non-hydrogen) atoms. The minimum absolute atomic E-state index is 0.259. The van der Waals surface area contributed by atoms with Crippen molar-refractivity contribution in [1.82, 2.24) is 9.97 Å². The Hall–Kier alpha value is -1.03. The molecular weight excluding hydrogens is 214 g/mol. The number of halogens is 1. The standard InChI is InChI=1S/C10H16ClN3O/c1-2-3-4-5-6-15-10-8(11)9(12)13-7-14-10/h7H,2-6H2,1H3,(H2,12,13,14). The lowest BCUT2D eigenvalue weighted by Crippen LogP contribution is -2.02. The van der Waals surface area contributed by atoms with Gasteiger partial charge in [-0.15, -0.1) is 0 Å². The van der Waals surface area contributed by atoms with E-state index in [1.165, 1.54) is 19.2 Å². The van der Waals surface area contributed by atoms with Crippen molar-refractivity contribution in [2.45, 2.75) is 32.6 Å². The zero-order valence-electron chi connectivity index (χ0n) is 8.87. The van der Waals surface area contributed by atoms with Crippen molar-refractivity contribution in [3.05, 3.63) is 11.3 Å². The van der Waals surface area contributed by atoms with Crippen LogP contribution in [-0.2, 0) is 0 Å². The molecule has 0 radical (unpaired) electrons. The molecular formula is C10H16ClN3O. The van der Waals surface area contributed by atoms with Gasteiger partial charge in [-0.25, -0.2) is 9.97 Å². The van der Waals surface area contributed by atoms with E-state index < -0.39 is 0 Å². The lowest BCUT2D eigenvalue weighted by Gasteiger charge is -2.06. The Morgan fingerprint density at radius 2 is 2.13 bits per heavy atom. The average Bonchev–Trinajstić information content (AvgIpc) is 2.24. The summed E-state index contributed by atoms with van der Waals surface area (Å²) in [7, 11) is 0. The maximum Gasteiger partial charge on any atom is 0.237 e. The van der Waals surface area contributed by atoms with Crippen molar-refractivity contribution >= 4 is 17.4 Å². The third kappa shape index (κ3) is 3.91. The zero-order chi connectivity index (χ0) is 11.1. The summed E-state index contributed by atoms with van der Waals surface area (Å²) in [6.45, 7) is 2.79. The fraction of sp³-hybridized carbons (Fsp3) is 0.600. The third-order valence-corrected chi connectivity index (χ3v) is 2.38. The number of nitrogens with two attached hydrogens (primary N) is 1.